The molecule has 3 heterocycles. The molecule has 0 fully saturated rings. The van der Waals surface area contributed by atoms with Crippen molar-refractivity contribution in [3.05, 3.63) is 22.8 Å². The maximum absolute atomic E-state index is 5.35. The molecule has 2 aromatic rings. The molecule has 0 saturated heterocycles. The van der Waals surface area contributed by atoms with Crippen LogP contribution in [-0.4, -0.2) is 52.3 Å². The monoisotopic (exact) mass is 318 g/mol. The number of aromatic nitrogens is 5. The molecule has 23 heavy (non-hydrogen) atoms. The minimum Gasteiger partial charge on any atom is -0.481 e. The number of hydrogen-bond acceptors (Lipinski definition) is 7. The van der Waals surface area contributed by atoms with Gasteiger partial charge < -0.3 is 14.4 Å². The highest BCUT2D eigenvalue weighted by atomic mass is 16.5. The summed E-state index contributed by atoms with van der Waals surface area (Å²) in [5, 5.41) is 8.56. The number of nitrogens with zero attached hydrogens (tertiary/aromatic N) is 6. The Balaban J connectivity index is 1.85. The Bertz CT molecular complexity index is 700. The van der Waals surface area contributed by atoms with E-state index in [0.717, 1.165) is 36.6 Å². The molecule has 0 N–H and O–H groups in total. The molecule has 8 nitrogen and oxygen atoms in total. The lowest BCUT2D eigenvalue weighted by Gasteiger charge is -2.29. The zero-order valence-electron chi connectivity index (χ0n) is 14.0. The number of ether oxygens (including phenoxy) is 2. The van der Waals surface area contributed by atoms with Crippen molar-refractivity contribution >= 4 is 5.82 Å². The van der Waals surface area contributed by atoms with Gasteiger partial charge in [-0.15, -0.1) is 5.10 Å². The van der Waals surface area contributed by atoms with E-state index in [4.69, 9.17) is 9.47 Å². The number of methoxy groups -OCH3 is 2. The first-order valence-corrected chi connectivity index (χ1v) is 7.68. The van der Waals surface area contributed by atoms with Crippen LogP contribution >= 0.6 is 0 Å². The Morgan fingerprint density at radius 3 is 2.74 bits per heavy atom. The molecular formula is C15H22N6O2. The summed E-state index contributed by atoms with van der Waals surface area (Å²) in [4.78, 5) is 11.1. The number of fused-ring (bicyclic) bond motifs is 1. The molecular weight excluding hydrogens is 296 g/mol. The number of anilines is 1. The van der Waals surface area contributed by atoms with E-state index in [1.807, 2.05) is 18.5 Å². The smallest absolute Gasteiger partial charge is 0.221 e. The molecule has 0 unspecified atom stereocenters. The molecule has 3 rings (SSSR count). The molecule has 124 valence electrons. The summed E-state index contributed by atoms with van der Waals surface area (Å²) in [5.74, 6) is 2.24. The van der Waals surface area contributed by atoms with Gasteiger partial charge in [-0.25, -0.2) is 9.67 Å². The van der Waals surface area contributed by atoms with Crippen molar-refractivity contribution in [2.45, 2.75) is 33.4 Å². The molecule has 0 spiro atoms. The highest BCUT2D eigenvalue weighted by molar-refractivity contribution is 5.52. The van der Waals surface area contributed by atoms with Gasteiger partial charge in [0.15, 0.2) is 0 Å². The van der Waals surface area contributed by atoms with Gasteiger partial charge in [0.25, 0.3) is 0 Å². The van der Waals surface area contributed by atoms with Crippen LogP contribution in [0.1, 0.15) is 22.8 Å². The topological polar surface area (TPSA) is 78.2 Å². The van der Waals surface area contributed by atoms with E-state index in [1.54, 1.807) is 14.2 Å². The fourth-order valence-electron chi connectivity index (χ4n) is 2.90. The van der Waals surface area contributed by atoms with Gasteiger partial charge >= 0.3 is 0 Å². The van der Waals surface area contributed by atoms with E-state index in [-0.39, 0.29) is 0 Å². The van der Waals surface area contributed by atoms with Gasteiger partial charge in [-0.1, -0.05) is 5.21 Å². The van der Waals surface area contributed by atoms with Crippen molar-refractivity contribution in [3.63, 3.8) is 0 Å². The van der Waals surface area contributed by atoms with Crippen LogP contribution in [0.3, 0.4) is 0 Å². The lowest BCUT2D eigenvalue weighted by Crippen LogP contribution is -2.33. The van der Waals surface area contributed by atoms with Gasteiger partial charge in [-0.3, -0.25) is 0 Å². The second-order valence-electron chi connectivity index (χ2n) is 5.60. The van der Waals surface area contributed by atoms with E-state index in [9.17, 15) is 0 Å². The number of hydrogen-bond donors (Lipinski definition) is 0. The van der Waals surface area contributed by atoms with Crippen LogP contribution in [-0.2, 0) is 24.2 Å². The SMILES string of the molecule is COCCn1nnc2c1CCN(c1nc(C)nc(OC)c1C)C2. The Morgan fingerprint density at radius 1 is 1.17 bits per heavy atom. The summed E-state index contributed by atoms with van der Waals surface area (Å²) >= 11 is 0. The molecule has 0 saturated carbocycles. The Kier molecular flexibility index (Phi) is 4.42. The third kappa shape index (κ3) is 2.98. The zero-order chi connectivity index (χ0) is 16.4. The molecule has 0 bridgehead atoms. The standard InChI is InChI=1S/C15H22N6O2/c1-10-14(16-11(2)17-15(10)23-4)20-6-5-13-12(9-20)18-19-21(13)7-8-22-3/h5-9H2,1-4H3. The summed E-state index contributed by atoms with van der Waals surface area (Å²) in [5.41, 5.74) is 3.14. The first kappa shape index (κ1) is 15.7. The van der Waals surface area contributed by atoms with Crippen LogP contribution in [0, 0.1) is 13.8 Å². The molecule has 1 aliphatic rings. The molecule has 0 atom stereocenters. The molecule has 0 radical (unpaired) electrons. The zero-order valence-corrected chi connectivity index (χ0v) is 14.0. The average Bonchev–Trinajstić information content (AvgIpc) is 2.96. The molecule has 0 aliphatic carbocycles. The lowest BCUT2D eigenvalue weighted by atomic mass is 10.1. The van der Waals surface area contributed by atoms with Crippen LogP contribution in [0.2, 0.25) is 0 Å². The van der Waals surface area contributed by atoms with Crippen molar-refractivity contribution in [1.82, 2.24) is 25.0 Å². The van der Waals surface area contributed by atoms with Gasteiger partial charge in [0.05, 0.1) is 38.1 Å². The molecule has 1 aliphatic heterocycles. The van der Waals surface area contributed by atoms with Crippen LogP contribution in [0.5, 0.6) is 5.88 Å². The van der Waals surface area contributed by atoms with E-state index in [0.29, 0.717) is 24.9 Å². The highest BCUT2D eigenvalue weighted by Gasteiger charge is 2.25. The third-order valence-electron chi connectivity index (χ3n) is 4.06. The fraction of sp³-hybridized carbons (Fsp3) is 0.600. The normalized spacial score (nSPS) is 14.0. The van der Waals surface area contributed by atoms with Crippen molar-refractivity contribution in [2.75, 3.05) is 32.3 Å². The minimum atomic E-state index is 0.627. The maximum atomic E-state index is 5.35. The van der Waals surface area contributed by atoms with Gasteiger partial charge in [-0.2, -0.15) is 4.98 Å². The molecule has 8 heteroatoms. The van der Waals surface area contributed by atoms with Crippen LogP contribution in [0.15, 0.2) is 0 Å². The molecule has 0 amide bonds. The van der Waals surface area contributed by atoms with Gasteiger partial charge in [-0.05, 0) is 13.8 Å². The molecule has 0 aromatic carbocycles. The first-order valence-electron chi connectivity index (χ1n) is 7.68. The fourth-order valence-corrected chi connectivity index (χ4v) is 2.90. The second-order valence-corrected chi connectivity index (χ2v) is 5.60. The minimum absolute atomic E-state index is 0.627. The lowest BCUT2D eigenvalue weighted by molar-refractivity contribution is 0.181. The quantitative estimate of drug-likeness (QED) is 0.810. The van der Waals surface area contributed by atoms with Crippen molar-refractivity contribution < 1.29 is 9.47 Å². The maximum Gasteiger partial charge on any atom is 0.221 e. The Labute approximate surface area is 135 Å². The predicted molar refractivity (Wildman–Crippen MR) is 84.7 cm³/mol. The van der Waals surface area contributed by atoms with Crippen LogP contribution in [0.4, 0.5) is 5.82 Å². The first-order chi connectivity index (χ1) is 11.1. The van der Waals surface area contributed by atoms with Crippen molar-refractivity contribution in [1.29, 1.82) is 0 Å². The Morgan fingerprint density at radius 2 is 2.00 bits per heavy atom. The van der Waals surface area contributed by atoms with Crippen LogP contribution in [0.25, 0.3) is 0 Å². The Hall–Kier alpha value is -2.22. The van der Waals surface area contributed by atoms with Gasteiger partial charge in [0.1, 0.15) is 17.3 Å². The van der Waals surface area contributed by atoms with Crippen LogP contribution < -0.4 is 9.64 Å². The predicted octanol–water partition coefficient (Wildman–Crippen LogP) is 0.903. The summed E-state index contributed by atoms with van der Waals surface area (Å²) in [6.07, 6.45) is 0.886. The van der Waals surface area contributed by atoms with Crippen molar-refractivity contribution in [3.8, 4) is 5.88 Å². The van der Waals surface area contributed by atoms with E-state index in [2.05, 4.69) is 25.2 Å². The number of rotatable bonds is 5. The summed E-state index contributed by atoms with van der Waals surface area (Å²) in [7, 11) is 3.33. The van der Waals surface area contributed by atoms with E-state index < -0.39 is 0 Å². The second kappa shape index (κ2) is 6.49. The van der Waals surface area contributed by atoms with E-state index >= 15 is 0 Å². The van der Waals surface area contributed by atoms with Gasteiger partial charge in [0.2, 0.25) is 5.88 Å². The highest BCUT2D eigenvalue weighted by Crippen LogP contribution is 2.28. The number of aryl methyl sites for hydroxylation is 1. The largest absolute Gasteiger partial charge is 0.481 e. The average molecular weight is 318 g/mol. The summed E-state index contributed by atoms with van der Waals surface area (Å²) in [6.45, 7) is 6.80. The van der Waals surface area contributed by atoms with E-state index in [1.165, 1.54) is 5.69 Å². The third-order valence-corrected chi connectivity index (χ3v) is 4.06. The van der Waals surface area contributed by atoms with Gasteiger partial charge in [0, 0.05) is 20.1 Å². The molecule has 2 aromatic heterocycles. The van der Waals surface area contributed by atoms with Crippen molar-refractivity contribution in [2.24, 2.45) is 0 Å². The summed E-state index contributed by atoms with van der Waals surface area (Å²) in [6, 6.07) is 0. The summed E-state index contributed by atoms with van der Waals surface area (Å²) < 4.78 is 12.4.